The van der Waals surface area contributed by atoms with E-state index in [0.717, 1.165) is 11.1 Å². The van der Waals surface area contributed by atoms with Gasteiger partial charge in [-0.05, 0) is 55.3 Å². The molecule has 0 radical (unpaired) electrons. The number of benzene rings is 2. The largest absolute Gasteiger partial charge is 0.465 e. The number of hydrogen-bond donors (Lipinski definition) is 0. The maximum absolute atomic E-state index is 13.1. The van der Waals surface area contributed by atoms with Crippen LogP contribution in [0.5, 0.6) is 0 Å². The van der Waals surface area contributed by atoms with Crippen LogP contribution in [0.4, 0.5) is 10.1 Å². The van der Waals surface area contributed by atoms with Gasteiger partial charge in [0.15, 0.2) is 0 Å². The molecule has 0 saturated carbocycles. The van der Waals surface area contributed by atoms with Crippen molar-refractivity contribution in [3.8, 4) is 0 Å². The van der Waals surface area contributed by atoms with E-state index in [9.17, 15) is 9.18 Å². The molecule has 0 N–H and O–H groups in total. The fourth-order valence-corrected chi connectivity index (χ4v) is 1.93. The molecule has 0 bridgehead atoms. The maximum atomic E-state index is 13.1. The quantitative estimate of drug-likeness (QED) is 0.632. The smallest absolute Gasteiger partial charge is 0.338 e. The fourth-order valence-electron chi connectivity index (χ4n) is 1.93. The summed E-state index contributed by atoms with van der Waals surface area (Å²) in [6.45, 7) is 3.88. The van der Waals surface area contributed by atoms with Gasteiger partial charge >= 0.3 is 5.97 Å². The molecule has 0 heterocycles. The van der Waals surface area contributed by atoms with Crippen molar-refractivity contribution in [3.63, 3.8) is 0 Å². The van der Waals surface area contributed by atoms with Gasteiger partial charge < -0.3 is 4.74 Å². The van der Waals surface area contributed by atoms with Gasteiger partial charge in [-0.1, -0.05) is 6.07 Å². The van der Waals surface area contributed by atoms with Crippen LogP contribution in [-0.2, 0) is 4.74 Å². The SMILES string of the molecule is COC(=O)c1cc(C)c(C)cc1/C=N/c1cccc(F)c1. The van der Waals surface area contributed by atoms with E-state index < -0.39 is 5.97 Å². The van der Waals surface area contributed by atoms with Crippen molar-refractivity contribution in [2.45, 2.75) is 13.8 Å². The Kier molecular flexibility index (Phi) is 4.48. The van der Waals surface area contributed by atoms with Crippen LogP contribution in [0.3, 0.4) is 0 Å². The first-order valence-corrected chi connectivity index (χ1v) is 6.50. The Morgan fingerprint density at radius 2 is 1.90 bits per heavy atom. The van der Waals surface area contributed by atoms with Gasteiger partial charge in [-0.3, -0.25) is 4.99 Å². The zero-order valence-corrected chi connectivity index (χ0v) is 12.2. The molecule has 0 aliphatic rings. The Morgan fingerprint density at radius 3 is 2.57 bits per heavy atom. The lowest BCUT2D eigenvalue weighted by molar-refractivity contribution is 0.0600. The first kappa shape index (κ1) is 14.9. The van der Waals surface area contributed by atoms with Crippen LogP contribution in [0, 0.1) is 19.7 Å². The van der Waals surface area contributed by atoms with Gasteiger partial charge in [0.25, 0.3) is 0 Å². The molecule has 2 aromatic rings. The lowest BCUT2D eigenvalue weighted by Crippen LogP contribution is -2.06. The summed E-state index contributed by atoms with van der Waals surface area (Å²) in [4.78, 5) is 16.0. The number of nitrogens with zero attached hydrogens (tertiary/aromatic N) is 1. The monoisotopic (exact) mass is 285 g/mol. The maximum Gasteiger partial charge on any atom is 0.338 e. The first-order valence-electron chi connectivity index (χ1n) is 6.50. The molecule has 108 valence electrons. The zero-order valence-electron chi connectivity index (χ0n) is 12.2. The van der Waals surface area contributed by atoms with E-state index in [1.165, 1.54) is 19.2 Å². The summed E-state index contributed by atoms with van der Waals surface area (Å²) in [5.74, 6) is -0.767. The molecule has 21 heavy (non-hydrogen) atoms. The minimum absolute atomic E-state index is 0.349. The number of aryl methyl sites for hydroxylation is 2. The molecule has 2 rings (SSSR count). The number of halogens is 1. The highest BCUT2D eigenvalue weighted by molar-refractivity contribution is 6.00. The number of carbonyl (C=O) groups excluding carboxylic acids is 1. The molecule has 0 aliphatic heterocycles. The number of esters is 1. The Bertz CT molecular complexity index is 708. The normalized spacial score (nSPS) is 10.9. The van der Waals surface area contributed by atoms with E-state index in [1.807, 2.05) is 19.9 Å². The third-order valence-electron chi connectivity index (χ3n) is 3.23. The lowest BCUT2D eigenvalue weighted by Gasteiger charge is -2.08. The molecular formula is C17H16FNO2. The molecule has 0 aliphatic carbocycles. The third kappa shape index (κ3) is 3.54. The molecule has 0 spiro atoms. The highest BCUT2D eigenvalue weighted by atomic mass is 19.1. The second-order valence-electron chi connectivity index (χ2n) is 4.75. The summed E-state index contributed by atoms with van der Waals surface area (Å²) < 4.78 is 17.9. The van der Waals surface area contributed by atoms with E-state index in [2.05, 4.69) is 4.99 Å². The van der Waals surface area contributed by atoms with Crippen LogP contribution in [0.2, 0.25) is 0 Å². The lowest BCUT2D eigenvalue weighted by atomic mass is 10.0. The number of hydrogen-bond acceptors (Lipinski definition) is 3. The predicted octanol–water partition coefficient (Wildman–Crippen LogP) is 3.98. The number of rotatable bonds is 3. The first-order chi connectivity index (χ1) is 10.0. The van der Waals surface area contributed by atoms with Crippen LogP contribution in [-0.4, -0.2) is 19.3 Å². The Hall–Kier alpha value is -2.49. The second-order valence-corrected chi connectivity index (χ2v) is 4.75. The molecule has 4 heteroatoms. The fraction of sp³-hybridized carbons (Fsp3) is 0.176. The summed E-state index contributed by atoms with van der Waals surface area (Å²) in [7, 11) is 1.34. The van der Waals surface area contributed by atoms with Gasteiger partial charge in [-0.25, -0.2) is 9.18 Å². The summed E-state index contributed by atoms with van der Waals surface area (Å²) in [6.07, 6.45) is 1.55. The minimum atomic E-state index is -0.418. The van der Waals surface area contributed by atoms with Crippen LogP contribution >= 0.6 is 0 Å². The molecule has 0 fully saturated rings. The Labute approximate surface area is 123 Å². The van der Waals surface area contributed by atoms with Gasteiger partial charge in [0.05, 0.1) is 18.4 Å². The van der Waals surface area contributed by atoms with E-state index in [4.69, 9.17) is 4.74 Å². The van der Waals surface area contributed by atoms with Gasteiger partial charge in [-0.2, -0.15) is 0 Å². The van der Waals surface area contributed by atoms with E-state index in [1.54, 1.807) is 24.4 Å². The van der Waals surface area contributed by atoms with Crippen molar-refractivity contribution in [3.05, 3.63) is 64.5 Å². The highest BCUT2D eigenvalue weighted by Crippen LogP contribution is 2.18. The second kappa shape index (κ2) is 6.31. The van der Waals surface area contributed by atoms with Crippen molar-refractivity contribution in [2.75, 3.05) is 7.11 Å². The molecule has 0 saturated heterocycles. The van der Waals surface area contributed by atoms with Gasteiger partial charge in [0, 0.05) is 11.8 Å². The van der Waals surface area contributed by atoms with Crippen molar-refractivity contribution in [1.82, 2.24) is 0 Å². The summed E-state index contributed by atoms with van der Waals surface area (Å²) >= 11 is 0. The van der Waals surface area contributed by atoms with Gasteiger partial charge in [0.2, 0.25) is 0 Å². The minimum Gasteiger partial charge on any atom is -0.465 e. The number of ether oxygens (including phenoxy) is 1. The van der Waals surface area contributed by atoms with Crippen molar-refractivity contribution in [2.24, 2.45) is 4.99 Å². The molecule has 0 atom stereocenters. The van der Waals surface area contributed by atoms with Crippen LogP contribution < -0.4 is 0 Å². The van der Waals surface area contributed by atoms with Gasteiger partial charge in [0.1, 0.15) is 5.82 Å². The van der Waals surface area contributed by atoms with Crippen LogP contribution in [0.15, 0.2) is 41.4 Å². The molecule has 0 aromatic heterocycles. The average molecular weight is 285 g/mol. The van der Waals surface area contributed by atoms with Crippen molar-refractivity contribution < 1.29 is 13.9 Å². The Morgan fingerprint density at radius 1 is 1.19 bits per heavy atom. The third-order valence-corrected chi connectivity index (χ3v) is 3.23. The van der Waals surface area contributed by atoms with E-state index in [-0.39, 0.29) is 5.82 Å². The molecule has 3 nitrogen and oxygen atoms in total. The number of carbonyl (C=O) groups is 1. The standard InChI is InChI=1S/C17H16FNO2/c1-11-7-13(16(8-12(11)2)17(20)21-3)10-19-15-6-4-5-14(18)9-15/h4-10H,1-3H3/b19-10+. The van der Waals surface area contributed by atoms with Crippen LogP contribution in [0.1, 0.15) is 27.0 Å². The van der Waals surface area contributed by atoms with Crippen molar-refractivity contribution in [1.29, 1.82) is 0 Å². The molecule has 2 aromatic carbocycles. The van der Waals surface area contributed by atoms with Gasteiger partial charge in [-0.15, -0.1) is 0 Å². The predicted molar refractivity (Wildman–Crippen MR) is 80.9 cm³/mol. The summed E-state index contributed by atoms with van der Waals surface area (Å²) in [5, 5.41) is 0. The summed E-state index contributed by atoms with van der Waals surface area (Å²) in [6, 6.07) is 9.60. The molecule has 0 amide bonds. The molecular weight excluding hydrogens is 269 g/mol. The number of aliphatic imine (C=N–C) groups is 1. The topological polar surface area (TPSA) is 38.7 Å². The van der Waals surface area contributed by atoms with Crippen molar-refractivity contribution >= 4 is 17.9 Å². The highest BCUT2D eigenvalue weighted by Gasteiger charge is 2.12. The Balaban J connectivity index is 2.43. The zero-order chi connectivity index (χ0) is 15.4. The van der Waals surface area contributed by atoms with E-state index in [0.29, 0.717) is 16.8 Å². The average Bonchev–Trinajstić information content (AvgIpc) is 2.47. The molecule has 0 unspecified atom stereocenters. The van der Waals surface area contributed by atoms with Crippen LogP contribution in [0.25, 0.3) is 0 Å². The number of methoxy groups -OCH3 is 1. The summed E-state index contributed by atoms with van der Waals surface area (Å²) in [5.41, 5.74) is 3.63. The van der Waals surface area contributed by atoms with E-state index >= 15 is 0 Å².